The first kappa shape index (κ1) is 13.6. The van der Waals surface area contributed by atoms with E-state index < -0.39 is 0 Å². The summed E-state index contributed by atoms with van der Waals surface area (Å²) in [7, 11) is 0. The van der Waals surface area contributed by atoms with Crippen molar-refractivity contribution in [2.75, 3.05) is 0 Å². The lowest BCUT2D eigenvalue weighted by molar-refractivity contribution is -0.645. The van der Waals surface area contributed by atoms with Gasteiger partial charge in [-0.05, 0) is 24.8 Å². The minimum absolute atomic E-state index is 0.0995. The summed E-state index contributed by atoms with van der Waals surface area (Å²) in [6.07, 6.45) is 1.47. The molecule has 106 valence electrons. The summed E-state index contributed by atoms with van der Waals surface area (Å²) in [4.78, 5) is 4.40. The maximum absolute atomic E-state index is 11.6. The summed E-state index contributed by atoms with van der Waals surface area (Å²) in [5, 5.41) is 16.1. The molecule has 0 saturated heterocycles. The molecule has 2 aromatic heterocycles. The third-order valence-electron chi connectivity index (χ3n) is 2.91. The molecule has 1 aromatic carbocycles. The zero-order chi connectivity index (χ0) is 14.7. The summed E-state index contributed by atoms with van der Waals surface area (Å²) < 4.78 is 6.13. The third-order valence-corrected chi connectivity index (χ3v) is 4.02. The fourth-order valence-corrected chi connectivity index (χ4v) is 2.72. The number of aromatic nitrogens is 3. The van der Waals surface area contributed by atoms with Gasteiger partial charge in [-0.1, -0.05) is 35.5 Å². The van der Waals surface area contributed by atoms with E-state index in [9.17, 15) is 5.21 Å². The van der Waals surface area contributed by atoms with Crippen LogP contribution in [-0.4, -0.2) is 10.1 Å². The van der Waals surface area contributed by atoms with Gasteiger partial charge in [0.1, 0.15) is 0 Å². The Morgan fingerprint density at radius 1 is 1.14 bits per heavy atom. The first-order chi connectivity index (χ1) is 10.2. The Bertz CT molecular complexity index is 731. The minimum atomic E-state index is -0.0995. The molecule has 3 aromatic rings. The standard InChI is InChI=1S/C15H13N3O2S/c1-11(21-13-9-5-6-10-18(13)19)15-16-14(17-20-15)12-7-3-2-4-8-12/h2-11H,1H3. The number of hydrogen-bond donors (Lipinski definition) is 0. The van der Waals surface area contributed by atoms with Gasteiger partial charge in [-0.15, -0.1) is 0 Å². The second-order valence-electron chi connectivity index (χ2n) is 4.45. The van der Waals surface area contributed by atoms with Crippen LogP contribution in [0.1, 0.15) is 18.1 Å². The number of rotatable bonds is 4. The van der Waals surface area contributed by atoms with E-state index in [0.29, 0.717) is 16.7 Å². The SMILES string of the molecule is CC(Sc1cccc[n+]1[O-])c1nc(-c2ccccc2)no1. The Morgan fingerprint density at radius 2 is 1.90 bits per heavy atom. The van der Waals surface area contributed by atoms with Gasteiger partial charge >= 0.3 is 0 Å². The summed E-state index contributed by atoms with van der Waals surface area (Å²) in [5.41, 5.74) is 0.906. The van der Waals surface area contributed by atoms with Crippen molar-refractivity contribution in [3.63, 3.8) is 0 Å². The highest BCUT2D eigenvalue weighted by molar-refractivity contribution is 7.99. The topological polar surface area (TPSA) is 65.9 Å². The monoisotopic (exact) mass is 299 g/mol. The molecular formula is C15H13N3O2S. The zero-order valence-corrected chi connectivity index (χ0v) is 12.2. The second kappa shape index (κ2) is 5.97. The maximum atomic E-state index is 11.6. The van der Waals surface area contributed by atoms with E-state index >= 15 is 0 Å². The molecule has 0 aliphatic heterocycles. The lowest BCUT2D eigenvalue weighted by Crippen LogP contribution is -2.27. The number of hydrogen-bond acceptors (Lipinski definition) is 5. The van der Waals surface area contributed by atoms with Gasteiger partial charge in [-0.3, -0.25) is 0 Å². The fraction of sp³-hybridized carbons (Fsp3) is 0.133. The molecule has 0 saturated carbocycles. The third kappa shape index (κ3) is 3.05. The van der Waals surface area contributed by atoms with E-state index in [0.717, 1.165) is 10.3 Å². The van der Waals surface area contributed by atoms with Crippen molar-refractivity contribution in [1.29, 1.82) is 0 Å². The molecule has 0 amide bonds. The normalized spacial score (nSPS) is 12.2. The van der Waals surface area contributed by atoms with E-state index in [4.69, 9.17) is 4.52 Å². The molecule has 0 bridgehead atoms. The van der Waals surface area contributed by atoms with Crippen LogP contribution >= 0.6 is 11.8 Å². The van der Waals surface area contributed by atoms with E-state index in [-0.39, 0.29) is 5.25 Å². The molecule has 6 heteroatoms. The second-order valence-corrected chi connectivity index (χ2v) is 5.81. The van der Waals surface area contributed by atoms with Crippen molar-refractivity contribution in [3.8, 4) is 11.4 Å². The Hall–Kier alpha value is -2.34. The number of benzene rings is 1. The summed E-state index contributed by atoms with van der Waals surface area (Å²) >= 11 is 1.39. The fourth-order valence-electron chi connectivity index (χ4n) is 1.84. The van der Waals surface area contributed by atoms with Crippen molar-refractivity contribution in [1.82, 2.24) is 10.1 Å². The van der Waals surface area contributed by atoms with Crippen molar-refractivity contribution in [2.24, 2.45) is 0 Å². The van der Waals surface area contributed by atoms with Crippen LogP contribution in [0.2, 0.25) is 0 Å². The molecule has 2 heterocycles. The molecular weight excluding hydrogens is 286 g/mol. The molecule has 0 fully saturated rings. The Kier molecular flexibility index (Phi) is 3.87. The van der Waals surface area contributed by atoms with Crippen LogP contribution in [0.25, 0.3) is 11.4 Å². The van der Waals surface area contributed by atoms with Gasteiger partial charge < -0.3 is 9.73 Å². The van der Waals surface area contributed by atoms with Crippen LogP contribution in [0.15, 0.2) is 64.3 Å². The predicted octanol–water partition coefficient (Wildman–Crippen LogP) is 3.22. The highest BCUT2D eigenvalue weighted by atomic mass is 32.2. The predicted molar refractivity (Wildman–Crippen MR) is 79.4 cm³/mol. The van der Waals surface area contributed by atoms with Gasteiger partial charge in [0.15, 0.2) is 6.20 Å². The lowest BCUT2D eigenvalue weighted by Gasteiger charge is -2.06. The highest BCUT2D eigenvalue weighted by Crippen LogP contribution is 2.32. The van der Waals surface area contributed by atoms with Gasteiger partial charge in [-0.25, -0.2) is 0 Å². The molecule has 0 spiro atoms. The lowest BCUT2D eigenvalue weighted by atomic mass is 10.2. The average Bonchev–Trinajstić information content (AvgIpc) is 3.00. The molecule has 0 radical (unpaired) electrons. The van der Waals surface area contributed by atoms with Crippen molar-refractivity contribution in [3.05, 3.63) is 65.8 Å². The number of pyridine rings is 1. The first-order valence-corrected chi connectivity index (χ1v) is 7.36. The van der Waals surface area contributed by atoms with Crippen LogP contribution in [0.3, 0.4) is 0 Å². The van der Waals surface area contributed by atoms with Gasteiger partial charge in [0.25, 0.3) is 5.03 Å². The van der Waals surface area contributed by atoms with Gasteiger partial charge in [-0.2, -0.15) is 9.71 Å². The molecule has 1 atom stereocenters. The summed E-state index contributed by atoms with van der Waals surface area (Å²) in [6.45, 7) is 1.93. The van der Waals surface area contributed by atoms with Crippen LogP contribution < -0.4 is 4.73 Å². The van der Waals surface area contributed by atoms with E-state index in [1.54, 1.807) is 12.1 Å². The zero-order valence-electron chi connectivity index (χ0n) is 11.3. The molecule has 3 rings (SSSR count). The van der Waals surface area contributed by atoms with Gasteiger partial charge in [0, 0.05) is 17.7 Å². The molecule has 0 aliphatic rings. The van der Waals surface area contributed by atoms with E-state index in [1.807, 2.05) is 43.3 Å². The largest absolute Gasteiger partial charge is 0.618 e. The highest BCUT2D eigenvalue weighted by Gasteiger charge is 2.19. The van der Waals surface area contributed by atoms with Crippen molar-refractivity contribution < 1.29 is 9.25 Å². The Balaban J connectivity index is 1.79. The van der Waals surface area contributed by atoms with Crippen molar-refractivity contribution in [2.45, 2.75) is 17.2 Å². The van der Waals surface area contributed by atoms with Crippen molar-refractivity contribution >= 4 is 11.8 Å². The molecule has 0 aliphatic carbocycles. The minimum Gasteiger partial charge on any atom is -0.618 e. The molecule has 21 heavy (non-hydrogen) atoms. The molecule has 1 unspecified atom stereocenters. The Morgan fingerprint density at radius 3 is 2.67 bits per heavy atom. The van der Waals surface area contributed by atoms with Gasteiger partial charge in [0.05, 0.1) is 5.25 Å². The summed E-state index contributed by atoms with van der Waals surface area (Å²) in [5.74, 6) is 1.06. The number of thioether (sulfide) groups is 1. The van der Waals surface area contributed by atoms with E-state index in [2.05, 4.69) is 10.1 Å². The average molecular weight is 299 g/mol. The number of nitrogens with zero attached hydrogens (tertiary/aromatic N) is 3. The van der Waals surface area contributed by atoms with Crippen LogP contribution in [0, 0.1) is 5.21 Å². The van der Waals surface area contributed by atoms with Crippen LogP contribution in [-0.2, 0) is 0 Å². The summed E-state index contributed by atoms with van der Waals surface area (Å²) in [6, 6.07) is 14.9. The maximum Gasteiger partial charge on any atom is 0.252 e. The smallest absolute Gasteiger partial charge is 0.252 e. The van der Waals surface area contributed by atoms with Crippen LogP contribution in [0.4, 0.5) is 0 Å². The molecule has 0 N–H and O–H groups in total. The Labute approximate surface area is 126 Å². The first-order valence-electron chi connectivity index (χ1n) is 6.48. The quantitative estimate of drug-likeness (QED) is 0.420. The molecule has 5 nitrogen and oxygen atoms in total. The van der Waals surface area contributed by atoms with E-state index in [1.165, 1.54) is 18.0 Å². The van der Waals surface area contributed by atoms with Gasteiger partial charge in [0.2, 0.25) is 11.7 Å². The van der Waals surface area contributed by atoms with Crippen LogP contribution in [0.5, 0.6) is 0 Å².